The van der Waals surface area contributed by atoms with Crippen molar-refractivity contribution in [3.63, 3.8) is 0 Å². The lowest BCUT2D eigenvalue weighted by Crippen LogP contribution is -2.21. The van der Waals surface area contributed by atoms with E-state index in [1.807, 2.05) is 24.3 Å². The van der Waals surface area contributed by atoms with Crippen LogP contribution in [-0.2, 0) is 4.79 Å². The molecule has 0 radical (unpaired) electrons. The number of rotatable bonds is 4. The number of methoxy groups -OCH3 is 1. The summed E-state index contributed by atoms with van der Waals surface area (Å²) in [7, 11) is 1.63. The van der Waals surface area contributed by atoms with E-state index in [1.54, 1.807) is 11.8 Å². The molecule has 6 nitrogen and oxygen atoms in total. The second-order valence-corrected chi connectivity index (χ2v) is 6.06. The third-order valence-corrected chi connectivity index (χ3v) is 4.75. The summed E-state index contributed by atoms with van der Waals surface area (Å²) >= 11 is 1.46. The van der Waals surface area contributed by atoms with Gasteiger partial charge in [-0.1, -0.05) is 18.2 Å². The first-order valence-electron chi connectivity index (χ1n) is 6.90. The molecule has 1 aromatic carbocycles. The topological polar surface area (TPSA) is 69.9 Å². The molecule has 21 heavy (non-hydrogen) atoms. The van der Waals surface area contributed by atoms with Crippen molar-refractivity contribution in [3.8, 4) is 11.4 Å². The number of hydrogen-bond acceptors (Lipinski definition) is 6. The number of hydrogen-bond donors (Lipinski definition) is 0. The van der Waals surface area contributed by atoms with Crippen LogP contribution in [0, 0.1) is 0 Å². The summed E-state index contributed by atoms with van der Waals surface area (Å²) in [5.41, 5.74) is 0.853. The number of ether oxygens (including phenoxy) is 1. The fourth-order valence-electron chi connectivity index (χ4n) is 2.34. The first-order valence-corrected chi connectivity index (χ1v) is 7.78. The molecule has 0 spiro atoms. The molecule has 0 aliphatic heterocycles. The van der Waals surface area contributed by atoms with Crippen molar-refractivity contribution in [1.82, 2.24) is 20.2 Å². The second kappa shape index (κ2) is 6.26. The van der Waals surface area contributed by atoms with Crippen LogP contribution in [0.15, 0.2) is 29.4 Å². The van der Waals surface area contributed by atoms with Crippen LogP contribution < -0.4 is 4.74 Å². The molecule has 1 atom stereocenters. The van der Waals surface area contributed by atoms with E-state index in [0.717, 1.165) is 30.7 Å². The number of aromatic nitrogens is 4. The molecule has 0 N–H and O–H groups in total. The lowest BCUT2D eigenvalue weighted by molar-refractivity contribution is -0.119. The van der Waals surface area contributed by atoms with Crippen molar-refractivity contribution in [3.05, 3.63) is 24.3 Å². The number of nitrogens with zero attached hydrogens (tertiary/aromatic N) is 4. The van der Waals surface area contributed by atoms with E-state index in [2.05, 4.69) is 15.5 Å². The summed E-state index contributed by atoms with van der Waals surface area (Å²) in [6.45, 7) is 0. The van der Waals surface area contributed by atoms with E-state index in [0.29, 0.717) is 17.4 Å². The SMILES string of the molecule is COc1ccc(-n2nnnc2SC2CCCCC2=O)cc1. The van der Waals surface area contributed by atoms with Crippen LogP contribution >= 0.6 is 11.8 Å². The molecule has 3 rings (SSSR count). The largest absolute Gasteiger partial charge is 0.497 e. The minimum Gasteiger partial charge on any atom is -0.497 e. The molecule has 2 aromatic rings. The standard InChI is InChI=1S/C14H16N4O2S/c1-20-11-8-6-10(7-9-11)18-14(15-16-17-18)21-13-5-3-2-4-12(13)19/h6-9,13H,2-5H2,1H3. The fourth-order valence-corrected chi connectivity index (χ4v) is 3.45. The Kier molecular flexibility index (Phi) is 4.19. The van der Waals surface area contributed by atoms with Gasteiger partial charge in [-0.05, 0) is 47.5 Å². The van der Waals surface area contributed by atoms with Crippen LogP contribution in [0.4, 0.5) is 0 Å². The molecule has 1 aromatic heterocycles. The molecule has 1 aliphatic rings. The fraction of sp³-hybridized carbons (Fsp3) is 0.429. The van der Waals surface area contributed by atoms with E-state index in [4.69, 9.17) is 4.74 Å². The molecule has 1 aliphatic carbocycles. The zero-order valence-corrected chi connectivity index (χ0v) is 12.5. The predicted octanol–water partition coefficient (Wildman–Crippen LogP) is 2.27. The minimum absolute atomic E-state index is 0.0262. The van der Waals surface area contributed by atoms with Crippen LogP contribution in [0.3, 0.4) is 0 Å². The second-order valence-electron chi connectivity index (χ2n) is 4.89. The highest BCUT2D eigenvalue weighted by molar-refractivity contribution is 8.00. The molecular formula is C14H16N4O2S. The van der Waals surface area contributed by atoms with Gasteiger partial charge in [0.2, 0.25) is 5.16 Å². The normalized spacial score (nSPS) is 18.7. The van der Waals surface area contributed by atoms with Gasteiger partial charge >= 0.3 is 0 Å². The molecule has 1 unspecified atom stereocenters. The molecule has 0 amide bonds. The van der Waals surface area contributed by atoms with Crippen LogP contribution in [0.5, 0.6) is 5.75 Å². The Hall–Kier alpha value is -1.89. The van der Waals surface area contributed by atoms with Gasteiger partial charge in [0, 0.05) is 6.42 Å². The van der Waals surface area contributed by atoms with Gasteiger partial charge in [-0.25, -0.2) is 0 Å². The maximum absolute atomic E-state index is 11.9. The Morgan fingerprint density at radius 1 is 1.29 bits per heavy atom. The van der Waals surface area contributed by atoms with Crippen molar-refractivity contribution in [1.29, 1.82) is 0 Å². The molecule has 0 saturated heterocycles. The predicted molar refractivity (Wildman–Crippen MR) is 78.8 cm³/mol. The monoisotopic (exact) mass is 304 g/mol. The Balaban J connectivity index is 1.81. The van der Waals surface area contributed by atoms with Gasteiger partial charge in [-0.2, -0.15) is 4.68 Å². The number of carbonyl (C=O) groups excluding carboxylic acids is 1. The van der Waals surface area contributed by atoms with E-state index in [-0.39, 0.29) is 5.25 Å². The Morgan fingerprint density at radius 2 is 2.10 bits per heavy atom. The van der Waals surface area contributed by atoms with Crippen molar-refractivity contribution in [2.45, 2.75) is 36.1 Å². The molecule has 1 fully saturated rings. The highest BCUT2D eigenvalue weighted by Crippen LogP contribution is 2.31. The Labute approximate surface area is 126 Å². The number of thioether (sulfide) groups is 1. The number of ketones is 1. The van der Waals surface area contributed by atoms with Crippen molar-refractivity contribution in [2.24, 2.45) is 0 Å². The molecule has 110 valence electrons. The first-order chi connectivity index (χ1) is 10.3. The average Bonchev–Trinajstić information content (AvgIpc) is 2.98. The Bertz CT molecular complexity index is 626. The number of carbonyl (C=O) groups is 1. The summed E-state index contributed by atoms with van der Waals surface area (Å²) in [6.07, 6.45) is 3.66. The summed E-state index contributed by atoms with van der Waals surface area (Å²) in [5, 5.41) is 12.4. The lowest BCUT2D eigenvalue weighted by Gasteiger charge is -2.18. The Morgan fingerprint density at radius 3 is 2.81 bits per heavy atom. The minimum atomic E-state index is -0.0262. The molecular weight excluding hydrogens is 288 g/mol. The zero-order valence-electron chi connectivity index (χ0n) is 11.7. The smallest absolute Gasteiger partial charge is 0.214 e. The van der Waals surface area contributed by atoms with Crippen molar-refractivity contribution < 1.29 is 9.53 Å². The number of tetrazole rings is 1. The average molecular weight is 304 g/mol. The summed E-state index contributed by atoms with van der Waals surface area (Å²) in [4.78, 5) is 11.9. The van der Waals surface area contributed by atoms with E-state index < -0.39 is 0 Å². The lowest BCUT2D eigenvalue weighted by atomic mass is 9.99. The van der Waals surface area contributed by atoms with Crippen LogP contribution in [0.25, 0.3) is 5.69 Å². The zero-order chi connectivity index (χ0) is 14.7. The van der Waals surface area contributed by atoms with Gasteiger partial charge in [0.05, 0.1) is 18.0 Å². The summed E-state index contributed by atoms with van der Waals surface area (Å²) < 4.78 is 6.80. The summed E-state index contributed by atoms with van der Waals surface area (Å²) in [6, 6.07) is 7.50. The maximum atomic E-state index is 11.9. The van der Waals surface area contributed by atoms with Gasteiger partial charge in [-0.15, -0.1) is 5.10 Å². The van der Waals surface area contributed by atoms with Crippen molar-refractivity contribution >= 4 is 17.5 Å². The molecule has 7 heteroatoms. The van der Waals surface area contributed by atoms with Crippen LogP contribution in [-0.4, -0.2) is 38.4 Å². The highest BCUT2D eigenvalue weighted by atomic mass is 32.2. The third-order valence-electron chi connectivity index (χ3n) is 3.50. The quantitative estimate of drug-likeness (QED) is 0.863. The van der Waals surface area contributed by atoms with Gasteiger partial charge in [0.1, 0.15) is 11.5 Å². The number of Topliss-reactive ketones (excluding diaryl/α,β-unsaturated/α-hetero) is 1. The molecule has 1 saturated carbocycles. The van der Waals surface area contributed by atoms with Gasteiger partial charge < -0.3 is 4.74 Å². The van der Waals surface area contributed by atoms with Crippen LogP contribution in [0.2, 0.25) is 0 Å². The van der Waals surface area contributed by atoms with Gasteiger partial charge in [0.15, 0.2) is 0 Å². The molecule has 1 heterocycles. The van der Waals surface area contributed by atoms with Gasteiger partial charge in [-0.3, -0.25) is 4.79 Å². The van der Waals surface area contributed by atoms with E-state index in [9.17, 15) is 4.79 Å². The highest BCUT2D eigenvalue weighted by Gasteiger charge is 2.25. The van der Waals surface area contributed by atoms with Crippen molar-refractivity contribution in [2.75, 3.05) is 7.11 Å². The molecule has 0 bridgehead atoms. The van der Waals surface area contributed by atoms with E-state index in [1.165, 1.54) is 11.8 Å². The number of benzene rings is 1. The maximum Gasteiger partial charge on any atom is 0.214 e. The van der Waals surface area contributed by atoms with E-state index >= 15 is 0 Å². The van der Waals surface area contributed by atoms with Gasteiger partial charge in [0.25, 0.3) is 0 Å². The third kappa shape index (κ3) is 3.07. The summed E-state index contributed by atoms with van der Waals surface area (Å²) in [5.74, 6) is 1.08. The first kappa shape index (κ1) is 14.1. The van der Waals surface area contributed by atoms with Crippen LogP contribution in [0.1, 0.15) is 25.7 Å².